The second-order valence-electron chi connectivity index (χ2n) is 6.19. The van der Waals surface area contributed by atoms with Gasteiger partial charge in [0.15, 0.2) is 0 Å². The van der Waals surface area contributed by atoms with Crippen LogP contribution < -0.4 is 5.32 Å². The van der Waals surface area contributed by atoms with Gasteiger partial charge in [0, 0.05) is 8.07 Å². The van der Waals surface area contributed by atoms with Gasteiger partial charge >= 0.3 is 0 Å². The molecule has 0 aromatic carbocycles. The Morgan fingerprint density at radius 2 is 1.94 bits per heavy atom. The first-order valence-corrected chi connectivity index (χ1v) is 11.8. The van der Waals surface area contributed by atoms with Crippen LogP contribution in [0, 0.1) is 0 Å². The molecule has 3 nitrogen and oxygen atoms in total. The average molecular weight is 400 g/mol. The topological polar surface area (TPSA) is 24.5 Å². The summed E-state index contributed by atoms with van der Waals surface area (Å²) in [6.07, 6.45) is 2.14. The summed E-state index contributed by atoms with van der Waals surface area (Å²) in [7, 11) is -1.05. The number of nitrogens with one attached hydrogen (secondary N) is 1. The van der Waals surface area contributed by atoms with E-state index < -0.39 is 8.07 Å². The zero-order valence-electron chi connectivity index (χ0n) is 11.9. The smallest absolute Gasteiger partial charge is 0.139 e. The summed E-state index contributed by atoms with van der Waals surface area (Å²) < 4.78 is 1.92. The molecule has 1 heterocycles. The van der Waals surface area contributed by atoms with Gasteiger partial charge in [-0.2, -0.15) is 0 Å². The highest BCUT2D eigenvalue weighted by Gasteiger charge is 2.40. The number of hydroxylamine groups is 2. The molecule has 0 saturated heterocycles. The highest BCUT2D eigenvalue weighted by atomic mass is 79.9. The number of hydrogen-bond acceptors (Lipinski definition) is 3. The van der Waals surface area contributed by atoms with Gasteiger partial charge in [0.2, 0.25) is 0 Å². The fourth-order valence-corrected chi connectivity index (χ4v) is 3.82. The molecular weight excluding hydrogens is 376 g/mol. The van der Waals surface area contributed by atoms with E-state index in [1.54, 1.807) is 0 Å². The maximum Gasteiger partial charge on any atom is 0.139 e. The van der Waals surface area contributed by atoms with Crippen molar-refractivity contribution < 1.29 is 4.84 Å². The standard InChI is InChI=1S/C12H24Br2N2OSi/c1-6-7-12(2)15-10(13)11(14)16(12)17-8-9-18(3,4)5/h15H,6-9H2,1-5H3. The Bertz CT molecular complexity index is 331. The molecule has 1 aliphatic heterocycles. The lowest BCUT2D eigenvalue weighted by Crippen LogP contribution is -2.49. The Labute approximate surface area is 129 Å². The highest BCUT2D eigenvalue weighted by Crippen LogP contribution is 2.37. The quantitative estimate of drug-likeness (QED) is 0.521. The summed E-state index contributed by atoms with van der Waals surface area (Å²) >= 11 is 7.11. The van der Waals surface area contributed by atoms with E-state index >= 15 is 0 Å². The van der Waals surface area contributed by atoms with Crippen molar-refractivity contribution >= 4 is 39.9 Å². The van der Waals surface area contributed by atoms with E-state index in [1.165, 1.54) is 6.04 Å². The third-order valence-electron chi connectivity index (χ3n) is 3.00. The van der Waals surface area contributed by atoms with Crippen molar-refractivity contribution in [3.8, 4) is 0 Å². The summed E-state index contributed by atoms with van der Waals surface area (Å²) in [6.45, 7) is 12.2. The van der Waals surface area contributed by atoms with Gasteiger partial charge < -0.3 is 5.32 Å². The normalized spacial score (nSPS) is 24.7. The van der Waals surface area contributed by atoms with E-state index in [4.69, 9.17) is 4.84 Å². The van der Waals surface area contributed by atoms with E-state index in [0.717, 1.165) is 28.7 Å². The van der Waals surface area contributed by atoms with Crippen LogP contribution in [-0.2, 0) is 4.84 Å². The summed E-state index contributed by atoms with van der Waals surface area (Å²) in [5, 5.41) is 5.41. The monoisotopic (exact) mass is 398 g/mol. The summed E-state index contributed by atoms with van der Waals surface area (Å²) in [6, 6.07) is 1.17. The van der Waals surface area contributed by atoms with Crippen molar-refractivity contribution in [3.63, 3.8) is 0 Å². The molecule has 106 valence electrons. The molecule has 0 fully saturated rings. The molecule has 0 spiro atoms. The molecule has 1 atom stereocenters. The Kier molecular flexibility index (Phi) is 5.77. The molecule has 0 radical (unpaired) electrons. The van der Waals surface area contributed by atoms with Gasteiger partial charge in [0.1, 0.15) is 14.9 Å². The van der Waals surface area contributed by atoms with Gasteiger partial charge in [-0.1, -0.05) is 33.0 Å². The molecule has 1 rings (SSSR count). The summed E-state index contributed by atoms with van der Waals surface area (Å²) in [5.74, 6) is 0. The Morgan fingerprint density at radius 3 is 2.44 bits per heavy atom. The van der Waals surface area contributed by atoms with Crippen LogP contribution >= 0.6 is 31.9 Å². The molecule has 0 aromatic rings. The zero-order valence-corrected chi connectivity index (χ0v) is 16.1. The summed E-state index contributed by atoms with van der Waals surface area (Å²) in [5.41, 5.74) is -0.161. The van der Waals surface area contributed by atoms with Crippen molar-refractivity contribution in [2.45, 2.75) is 58.0 Å². The first-order chi connectivity index (χ1) is 8.19. The van der Waals surface area contributed by atoms with Crippen LogP contribution in [0.4, 0.5) is 0 Å². The predicted octanol–water partition coefficient (Wildman–Crippen LogP) is 4.59. The second kappa shape index (κ2) is 6.28. The minimum Gasteiger partial charge on any atom is -0.353 e. The van der Waals surface area contributed by atoms with Gasteiger partial charge in [0.05, 0.1) is 6.61 Å². The number of halogens is 2. The van der Waals surface area contributed by atoms with E-state index in [0.29, 0.717) is 0 Å². The molecule has 6 heteroatoms. The highest BCUT2D eigenvalue weighted by molar-refractivity contribution is 9.14. The third-order valence-corrected chi connectivity index (χ3v) is 6.52. The summed E-state index contributed by atoms with van der Waals surface area (Å²) in [4.78, 5) is 6.00. The molecular formula is C12H24Br2N2OSi. The van der Waals surface area contributed by atoms with Crippen molar-refractivity contribution in [2.24, 2.45) is 0 Å². The van der Waals surface area contributed by atoms with Crippen LogP contribution in [0.5, 0.6) is 0 Å². The Morgan fingerprint density at radius 1 is 1.33 bits per heavy atom. The van der Waals surface area contributed by atoms with Crippen molar-refractivity contribution in [3.05, 3.63) is 9.21 Å². The van der Waals surface area contributed by atoms with Gasteiger partial charge in [-0.05, 0) is 51.2 Å². The molecule has 0 bridgehead atoms. The van der Waals surface area contributed by atoms with Gasteiger partial charge in [-0.15, -0.1) is 0 Å². The lowest BCUT2D eigenvalue weighted by atomic mass is 10.1. The lowest BCUT2D eigenvalue weighted by molar-refractivity contribution is -0.180. The fourth-order valence-electron chi connectivity index (χ4n) is 1.94. The zero-order chi connectivity index (χ0) is 14.0. The molecule has 18 heavy (non-hydrogen) atoms. The SMILES string of the molecule is CCCC1(C)NC(Br)=C(Br)N1OCC[Si](C)(C)C. The van der Waals surface area contributed by atoms with Crippen LogP contribution in [0.2, 0.25) is 25.7 Å². The van der Waals surface area contributed by atoms with Crippen molar-refractivity contribution in [1.29, 1.82) is 0 Å². The average Bonchev–Trinajstić information content (AvgIpc) is 2.40. The molecule has 0 aromatic heterocycles. The molecule has 1 N–H and O–H groups in total. The molecule has 0 amide bonds. The maximum absolute atomic E-state index is 6.00. The second-order valence-corrected chi connectivity index (χ2v) is 13.4. The van der Waals surface area contributed by atoms with Gasteiger partial charge in [-0.25, -0.2) is 5.06 Å². The maximum atomic E-state index is 6.00. The first-order valence-electron chi connectivity index (χ1n) is 6.46. The Balaban J connectivity index is 2.64. The van der Waals surface area contributed by atoms with Crippen molar-refractivity contribution in [2.75, 3.05) is 6.61 Å². The van der Waals surface area contributed by atoms with Crippen LogP contribution in [0.3, 0.4) is 0 Å². The van der Waals surface area contributed by atoms with E-state index in [1.807, 2.05) is 5.06 Å². The van der Waals surface area contributed by atoms with Crippen LogP contribution in [0.15, 0.2) is 9.21 Å². The van der Waals surface area contributed by atoms with E-state index in [2.05, 4.69) is 70.7 Å². The molecule has 0 aliphatic carbocycles. The number of hydrogen-bond donors (Lipinski definition) is 1. The minimum atomic E-state index is -1.05. The Hall–Kier alpha value is 0.477. The number of nitrogens with zero attached hydrogens (tertiary/aromatic N) is 1. The van der Waals surface area contributed by atoms with Crippen LogP contribution in [0.25, 0.3) is 0 Å². The van der Waals surface area contributed by atoms with Gasteiger partial charge in [0.25, 0.3) is 0 Å². The fraction of sp³-hybridized carbons (Fsp3) is 0.833. The van der Waals surface area contributed by atoms with Crippen LogP contribution in [-0.4, -0.2) is 25.4 Å². The molecule has 0 saturated carbocycles. The largest absolute Gasteiger partial charge is 0.353 e. The van der Waals surface area contributed by atoms with Crippen molar-refractivity contribution in [1.82, 2.24) is 10.4 Å². The van der Waals surface area contributed by atoms with Gasteiger partial charge in [-0.3, -0.25) is 4.84 Å². The van der Waals surface area contributed by atoms with Crippen LogP contribution in [0.1, 0.15) is 26.7 Å². The lowest BCUT2D eigenvalue weighted by Gasteiger charge is -2.36. The molecule has 1 aliphatic rings. The number of rotatable bonds is 6. The first kappa shape index (κ1) is 16.5. The molecule has 1 unspecified atom stereocenters. The van der Waals surface area contributed by atoms with E-state index in [-0.39, 0.29) is 5.66 Å². The third kappa shape index (κ3) is 4.25. The minimum absolute atomic E-state index is 0.161. The predicted molar refractivity (Wildman–Crippen MR) is 87.3 cm³/mol. The van der Waals surface area contributed by atoms with E-state index in [9.17, 15) is 0 Å².